The Kier molecular flexibility index (Phi) is 2.14. The van der Waals surface area contributed by atoms with Crippen molar-refractivity contribution in [2.75, 3.05) is 13.7 Å². The van der Waals surface area contributed by atoms with Gasteiger partial charge in [-0.05, 0) is 24.6 Å². The molecular formula is C13H16N2O. The number of fused-ring (bicyclic) bond motifs is 3. The van der Waals surface area contributed by atoms with E-state index in [0.717, 1.165) is 18.8 Å². The number of hydrogen-bond acceptors (Lipinski definition) is 2. The zero-order valence-corrected chi connectivity index (χ0v) is 9.44. The molecule has 2 aromatic rings. The van der Waals surface area contributed by atoms with Crippen molar-refractivity contribution in [2.45, 2.75) is 18.9 Å². The average Bonchev–Trinajstić information content (AvgIpc) is 2.86. The van der Waals surface area contributed by atoms with Gasteiger partial charge in [0.15, 0.2) is 0 Å². The largest absolute Gasteiger partial charge is 0.497 e. The molecule has 2 heterocycles. The Bertz CT molecular complexity index is 530. The first kappa shape index (κ1) is 9.73. The molecule has 0 aliphatic carbocycles. The fraction of sp³-hybridized carbons (Fsp3) is 0.385. The van der Waals surface area contributed by atoms with Gasteiger partial charge in [-0.25, -0.2) is 0 Å². The SMILES string of the molecule is COc1ccc2cc3n(c2c1)CCC3CN. The maximum absolute atomic E-state index is 5.79. The number of benzene rings is 1. The lowest BCUT2D eigenvalue weighted by atomic mass is 10.0. The Labute approximate surface area is 94.8 Å². The lowest BCUT2D eigenvalue weighted by Gasteiger charge is -2.03. The van der Waals surface area contributed by atoms with E-state index in [0.29, 0.717) is 5.92 Å². The summed E-state index contributed by atoms with van der Waals surface area (Å²) in [5.41, 5.74) is 8.44. The van der Waals surface area contributed by atoms with Crippen molar-refractivity contribution in [3.8, 4) is 5.75 Å². The molecule has 0 radical (unpaired) electrons. The molecule has 0 saturated carbocycles. The Hall–Kier alpha value is -1.48. The molecule has 3 rings (SSSR count). The second-order valence-electron chi connectivity index (χ2n) is 4.37. The fourth-order valence-corrected chi connectivity index (χ4v) is 2.64. The molecule has 0 amide bonds. The predicted molar refractivity (Wildman–Crippen MR) is 64.9 cm³/mol. The summed E-state index contributed by atoms with van der Waals surface area (Å²) in [6, 6.07) is 8.50. The minimum Gasteiger partial charge on any atom is -0.497 e. The highest BCUT2D eigenvalue weighted by Gasteiger charge is 2.23. The van der Waals surface area contributed by atoms with E-state index < -0.39 is 0 Å². The van der Waals surface area contributed by atoms with Crippen LogP contribution < -0.4 is 10.5 Å². The molecule has 0 saturated heterocycles. The highest BCUT2D eigenvalue weighted by atomic mass is 16.5. The quantitative estimate of drug-likeness (QED) is 0.835. The second-order valence-corrected chi connectivity index (χ2v) is 4.37. The number of aryl methyl sites for hydroxylation is 1. The van der Waals surface area contributed by atoms with Gasteiger partial charge in [0.25, 0.3) is 0 Å². The number of hydrogen-bond donors (Lipinski definition) is 1. The lowest BCUT2D eigenvalue weighted by Crippen LogP contribution is -2.08. The molecule has 16 heavy (non-hydrogen) atoms. The minimum absolute atomic E-state index is 0.526. The normalized spacial score (nSPS) is 19.0. The van der Waals surface area contributed by atoms with Crippen molar-refractivity contribution in [3.63, 3.8) is 0 Å². The summed E-state index contributed by atoms with van der Waals surface area (Å²) in [5, 5.41) is 1.29. The number of rotatable bonds is 2. The van der Waals surface area contributed by atoms with Crippen LogP contribution in [0, 0.1) is 0 Å². The predicted octanol–water partition coefficient (Wildman–Crippen LogP) is 2.10. The highest BCUT2D eigenvalue weighted by molar-refractivity contribution is 5.83. The van der Waals surface area contributed by atoms with Crippen molar-refractivity contribution < 1.29 is 4.74 Å². The molecule has 1 aliphatic rings. The van der Waals surface area contributed by atoms with Gasteiger partial charge in [0.1, 0.15) is 5.75 Å². The third-order valence-corrected chi connectivity index (χ3v) is 3.55. The summed E-state index contributed by atoms with van der Waals surface area (Å²) in [7, 11) is 1.71. The molecule has 3 nitrogen and oxygen atoms in total. The van der Waals surface area contributed by atoms with E-state index in [4.69, 9.17) is 10.5 Å². The third kappa shape index (κ3) is 1.25. The zero-order valence-electron chi connectivity index (χ0n) is 9.44. The van der Waals surface area contributed by atoms with Gasteiger partial charge in [-0.3, -0.25) is 0 Å². The molecule has 1 aromatic heterocycles. The second kappa shape index (κ2) is 3.52. The van der Waals surface area contributed by atoms with E-state index in [-0.39, 0.29) is 0 Å². The van der Waals surface area contributed by atoms with Gasteiger partial charge in [0.05, 0.1) is 12.6 Å². The van der Waals surface area contributed by atoms with Gasteiger partial charge in [-0.15, -0.1) is 0 Å². The fourth-order valence-electron chi connectivity index (χ4n) is 2.64. The molecule has 84 valence electrons. The minimum atomic E-state index is 0.526. The van der Waals surface area contributed by atoms with E-state index in [9.17, 15) is 0 Å². The van der Waals surface area contributed by atoms with Crippen LogP contribution in [0.3, 0.4) is 0 Å². The van der Waals surface area contributed by atoms with Crippen molar-refractivity contribution in [3.05, 3.63) is 30.0 Å². The molecule has 1 aromatic carbocycles. The molecule has 1 unspecified atom stereocenters. The van der Waals surface area contributed by atoms with Crippen LogP contribution in [0.25, 0.3) is 10.9 Å². The monoisotopic (exact) mass is 216 g/mol. The topological polar surface area (TPSA) is 40.2 Å². The summed E-state index contributed by atoms with van der Waals surface area (Å²) < 4.78 is 7.64. The first-order valence-electron chi connectivity index (χ1n) is 5.70. The molecule has 0 bridgehead atoms. The standard InChI is InChI=1S/C13H16N2O/c1-16-11-3-2-9-6-12-10(8-14)4-5-15(12)13(9)7-11/h2-3,6-7,10H,4-5,8,14H2,1H3. The number of nitrogens with zero attached hydrogens (tertiary/aromatic N) is 1. The van der Waals surface area contributed by atoms with Crippen LogP contribution in [-0.4, -0.2) is 18.2 Å². The van der Waals surface area contributed by atoms with E-state index in [1.54, 1.807) is 7.11 Å². The van der Waals surface area contributed by atoms with Crippen LogP contribution >= 0.6 is 0 Å². The van der Waals surface area contributed by atoms with Gasteiger partial charge in [-0.2, -0.15) is 0 Å². The van der Waals surface area contributed by atoms with Crippen LogP contribution in [0.4, 0.5) is 0 Å². The van der Waals surface area contributed by atoms with Crippen LogP contribution in [0.15, 0.2) is 24.3 Å². The van der Waals surface area contributed by atoms with E-state index in [1.165, 1.54) is 23.0 Å². The van der Waals surface area contributed by atoms with E-state index in [2.05, 4.69) is 22.8 Å². The van der Waals surface area contributed by atoms with Crippen molar-refractivity contribution in [2.24, 2.45) is 5.73 Å². The van der Waals surface area contributed by atoms with Crippen molar-refractivity contribution >= 4 is 10.9 Å². The van der Waals surface area contributed by atoms with Crippen LogP contribution in [0.2, 0.25) is 0 Å². The number of ether oxygens (including phenoxy) is 1. The molecule has 0 fully saturated rings. The molecule has 1 atom stereocenters. The number of aromatic nitrogens is 1. The van der Waals surface area contributed by atoms with Gasteiger partial charge >= 0.3 is 0 Å². The molecule has 2 N–H and O–H groups in total. The summed E-state index contributed by atoms with van der Waals surface area (Å²) in [6.07, 6.45) is 1.17. The van der Waals surface area contributed by atoms with Gasteiger partial charge in [0, 0.05) is 36.2 Å². The molecule has 0 spiro atoms. The Balaban J connectivity index is 2.20. The number of nitrogens with two attached hydrogens (primary N) is 1. The Morgan fingerprint density at radius 1 is 1.44 bits per heavy atom. The van der Waals surface area contributed by atoms with E-state index >= 15 is 0 Å². The van der Waals surface area contributed by atoms with E-state index in [1.807, 2.05) is 6.07 Å². The average molecular weight is 216 g/mol. The van der Waals surface area contributed by atoms with Crippen molar-refractivity contribution in [1.29, 1.82) is 0 Å². The highest BCUT2D eigenvalue weighted by Crippen LogP contribution is 2.34. The van der Waals surface area contributed by atoms with Crippen LogP contribution in [-0.2, 0) is 6.54 Å². The maximum atomic E-state index is 5.79. The zero-order chi connectivity index (χ0) is 11.1. The Morgan fingerprint density at radius 3 is 3.06 bits per heavy atom. The lowest BCUT2D eigenvalue weighted by molar-refractivity contribution is 0.415. The summed E-state index contributed by atoms with van der Waals surface area (Å²) in [5.74, 6) is 1.45. The first-order chi connectivity index (χ1) is 7.83. The summed E-state index contributed by atoms with van der Waals surface area (Å²) >= 11 is 0. The maximum Gasteiger partial charge on any atom is 0.120 e. The van der Waals surface area contributed by atoms with Crippen LogP contribution in [0.5, 0.6) is 5.75 Å². The van der Waals surface area contributed by atoms with Gasteiger partial charge < -0.3 is 15.0 Å². The molecular weight excluding hydrogens is 200 g/mol. The molecule has 1 aliphatic heterocycles. The van der Waals surface area contributed by atoms with Crippen molar-refractivity contribution in [1.82, 2.24) is 4.57 Å². The van der Waals surface area contributed by atoms with Gasteiger partial charge in [0.2, 0.25) is 0 Å². The van der Waals surface area contributed by atoms with Crippen LogP contribution in [0.1, 0.15) is 18.0 Å². The smallest absolute Gasteiger partial charge is 0.120 e. The Morgan fingerprint density at radius 2 is 2.31 bits per heavy atom. The first-order valence-corrected chi connectivity index (χ1v) is 5.70. The summed E-state index contributed by atoms with van der Waals surface area (Å²) in [4.78, 5) is 0. The molecule has 3 heteroatoms. The summed E-state index contributed by atoms with van der Waals surface area (Å²) in [6.45, 7) is 1.82. The van der Waals surface area contributed by atoms with Gasteiger partial charge in [-0.1, -0.05) is 0 Å². The number of methoxy groups -OCH3 is 1. The third-order valence-electron chi connectivity index (χ3n) is 3.55.